The van der Waals surface area contributed by atoms with Gasteiger partial charge >= 0.3 is 0 Å². The van der Waals surface area contributed by atoms with Crippen molar-refractivity contribution in [2.75, 3.05) is 13.7 Å². The number of rotatable bonds is 4. The number of hydrogen-bond acceptors (Lipinski definition) is 3. The van der Waals surface area contributed by atoms with Crippen LogP contribution < -0.4 is 0 Å². The molecule has 0 N–H and O–H groups in total. The van der Waals surface area contributed by atoms with Crippen molar-refractivity contribution in [2.45, 2.75) is 0 Å². The van der Waals surface area contributed by atoms with Crippen molar-refractivity contribution in [3.8, 4) is 0 Å². The highest BCUT2D eigenvalue weighted by Crippen LogP contribution is 2.07. The number of Topliss-reactive ketones (excluding diaryl/α,β-unsaturated/α-hetero) is 1. The Hall–Kier alpha value is -1.19. The van der Waals surface area contributed by atoms with Gasteiger partial charge in [0, 0.05) is 18.2 Å². The van der Waals surface area contributed by atoms with Crippen LogP contribution in [0.3, 0.4) is 0 Å². The van der Waals surface area contributed by atoms with Crippen LogP contribution in [0, 0.1) is 0 Å². The fourth-order valence-corrected chi connectivity index (χ4v) is 1.13. The highest BCUT2D eigenvalue weighted by Gasteiger charge is 2.06. The molecule has 1 aromatic carbocycles. The van der Waals surface area contributed by atoms with E-state index < -0.39 is 5.24 Å². The zero-order valence-corrected chi connectivity index (χ0v) is 8.38. The van der Waals surface area contributed by atoms with Gasteiger partial charge in [-0.3, -0.25) is 9.59 Å². The van der Waals surface area contributed by atoms with E-state index in [0.29, 0.717) is 11.1 Å². The first kappa shape index (κ1) is 10.9. The maximum atomic E-state index is 11.3. The third-order valence-electron chi connectivity index (χ3n) is 1.71. The van der Waals surface area contributed by atoms with E-state index in [1.165, 1.54) is 19.2 Å². The Kier molecular flexibility index (Phi) is 3.80. The van der Waals surface area contributed by atoms with Crippen LogP contribution in [-0.4, -0.2) is 24.7 Å². The summed E-state index contributed by atoms with van der Waals surface area (Å²) in [5.41, 5.74) is 0.883. The molecule has 0 unspecified atom stereocenters. The molecule has 0 aliphatic heterocycles. The molecule has 0 saturated heterocycles. The van der Waals surface area contributed by atoms with Gasteiger partial charge in [0.1, 0.15) is 6.61 Å². The molecular formula is C10H9ClO3. The third-order valence-corrected chi connectivity index (χ3v) is 1.93. The summed E-state index contributed by atoms with van der Waals surface area (Å²) >= 11 is 5.25. The van der Waals surface area contributed by atoms with Crippen molar-refractivity contribution in [1.29, 1.82) is 0 Å². The lowest BCUT2D eigenvalue weighted by molar-refractivity contribution is 0.0847. The van der Waals surface area contributed by atoms with E-state index in [4.69, 9.17) is 16.3 Å². The molecule has 0 bridgehead atoms. The lowest BCUT2D eigenvalue weighted by atomic mass is 10.1. The lowest BCUT2D eigenvalue weighted by Gasteiger charge is -1.99. The predicted octanol–water partition coefficient (Wildman–Crippen LogP) is 1.89. The van der Waals surface area contributed by atoms with Gasteiger partial charge in [-0.2, -0.15) is 0 Å². The number of methoxy groups -OCH3 is 1. The van der Waals surface area contributed by atoms with Gasteiger partial charge in [-0.25, -0.2) is 0 Å². The third kappa shape index (κ3) is 2.65. The molecule has 0 spiro atoms. The van der Waals surface area contributed by atoms with Gasteiger partial charge in [-0.1, -0.05) is 12.1 Å². The molecule has 0 radical (unpaired) electrons. The van der Waals surface area contributed by atoms with Gasteiger partial charge in [0.25, 0.3) is 5.24 Å². The van der Waals surface area contributed by atoms with E-state index in [9.17, 15) is 9.59 Å². The molecule has 1 aromatic rings. The van der Waals surface area contributed by atoms with Crippen molar-refractivity contribution in [2.24, 2.45) is 0 Å². The second-order valence-electron chi connectivity index (χ2n) is 2.71. The van der Waals surface area contributed by atoms with Crippen molar-refractivity contribution >= 4 is 22.6 Å². The molecule has 14 heavy (non-hydrogen) atoms. The zero-order valence-electron chi connectivity index (χ0n) is 7.62. The molecule has 74 valence electrons. The minimum atomic E-state index is -0.532. The topological polar surface area (TPSA) is 43.4 Å². The van der Waals surface area contributed by atoms with Crippen LogP contribution in [0.2, 0.25) is 0 Å². The summed E-state index contributed by atoms with van der Waals surface area (Å²) in [5.74, 6) is -0.124. The minimum Gasteiger partial charge on any atom is -0.377 e. The minimum absolute atomic E-state index is 0.0359. The van der Waals surface area contributed by atoms with Gasteiger partial charge < -0.3 is 4.74 Å². The van der Waals surface area contributed by atoms with Crippen LogP contribution in [0.5, 0.6) is 0 Å². The van der Waals surface area contributed by atoms with Gasteiger partial charge in [0.15, 0.2) is 5.78 Å². The predicted molar refractivity (Wildman–Crippen MR) is 52.8 cm³/mol. The van der Waals surface area contributed by atoms with Crippen LogP contribution in [0.4, 0.5) is 0 Å². The van der Waals surface area contributed by atoms with E-state index in [2.05, 4.69) is 0 Å². The summed E-state index contributed by atoms with van der Waals surface area (Å²) in [6, 6.07) is 6.13. The van der Waals surface area contributed by atoms with E-state index in [-0.39, 0.29) is 12.4 Å². The lowest BCUT2D eigenvalue weighted by Crippen LogP contribution is -2.06. The van der Waals surface area contributed by atoms with Crippen LogP contribution in [-0.2, 0) is 4.74 Å². The maximum Gasteiger partial charge on any atom is 0.252 e. The first-order valence-electron chi connectivity index (χ1n) is 3.97. The fourth-order valence-electron chi connectivity index (χ4n) is 1.00. The van der Waals surface area contributed by atoms with Crippen LogP contribution >= 0.6 is 11.6 Å². The summed E-state index contributed by atoms with van der Waals surface area (Å²) in [5, 5.41) is -0.532. The quantitative estimate of drug-likeness (QED) is 0.566. The van der Waals surface area contributed by atoms with Crippen molar-refractivity contribution < 1.29 is 14.3 Å². The molecule has 4 heteroatoms. The number of hydrogen-bond donors (Lipinski definition) is 0. The summed E-state index contributed by atoms with van der Waals surface area (Å²) < 4.78 is 4.69. The Labute approximate surface area is 86.6 Å². The molecule has 0 aliphatic carbocycles. The highest BCUT2D eigenvalue weighted by molar-refractivity contribution is 6.67. The molecule has 0 fully saturated rings. The molecule has 1 rings (SSSR count). The number of carbonyl (C=O) groups excluding carboxylic acids is 2. The van der Waals surface area contributed by atoms with E-state index in [0.717, 1.165) is 0 Å². The van der Waals surface area contributed by atoms with Crippen molar-refractivity contribution in [1.82, 2.24) is 0 Å². The van der Waals surface area contributed by atoms with Gasteiger partial charge in [-0.05, 0) is 23.7 Å². The molecule has 0 saturated carbocycles. The van der Waals surface area contributed by atoms with Crippen molar-refractivity contribution in [3.63, 3.8) is 0 Å². The van der Waals surface area contributed by atoms with Crippen LogP contribution in [0.1, 0.15) is 20.7 Å². The molecule has 0 aromatic heterocycles. The second kappa shape index (κ2) is 4.88. The summed E-state index contributed by atoms with van der Waals surface area (Å²) in [7, 11) is 1.45. The highest BCUT2D eigenvalue weighted by atomic mass is 35.5. The molecule has 0 atom stereocenters. The second-order valence-corrected chi connectivity index (χ2v) is 3.05. The summed E-state index contributed by atoms with van der Waals surface area (Å²) in [6.07, 6.45) is 0. The molecule has 0 aliphatic rings. The van der Waals surface area contributed by atoms with Crippen LogP contribution in [0.15, 0.2) is 24.3 Å². The van der Waals surface area contributed by atoms with Crippen molar-refractivity contribution in [3.05, 3.63) is 35.4 Å². The molecule has 3 nitrogen and oxygen atoms in total. The normalized spacial score (nSPS) is 9.86. The number of ketones is 1. The van der Waals surface area contributed by atoms with Gasteiger partial charge in [0.2, 0.25) is 0 Å². The maximum absolute atomic E-state index is 11.3. The first-order valence-corrected chi connectivity index (χ1v) is 4.35. The SMILES string of the molecule is COCC(=O)c1ccc(C(=O)Cl)cc1. The van der Waals surface area contributed by atoms with E-state index in [1.54, 1.807) is 12.1 Å². The number of ether oxygens (including phenoxy) is 1. The fraction of sp³-hybridized carbons (Fsp3) is 0.200. The zero-order chi connectivity index (χ0) is 10.6. The Balaban J connectivity index is 2.83. The van der Waals surface area contributed by atoms with Crippen LogP contribution in [0.25, 0.3) is 0 Å². The Morgan fingerprint density at radius 2 is 1.71 bits per heavy atom. The standard InChI is InChI=1S/C10H9ClO3/c1-14-6-9(12)7-2-4-8(5-3-7)10(11)13/h2-5H,6H2,1H3. The molecule has 0 amide bonds. The largest absolute Gasteiger partial charge is 0.377 e. The number of carbonyl (C=O) groups is 2. The van der Waals surface area contributed by atoms with E-state index >= 15 is 0 Å². The monoisotopic (exact) mass is 212 g/mol. The van der Waals surface area contributed by atoms with Gasteiger partial charge in [-0.15, -0.1) is 0 Å². The van der Waals surface area contributed by atoms with E-state index in [1.807, 2.05) is 0 Å². The van der Waals surface area contributed by atoms with Gasteiger partial charge in [0.05, 0.1) is 0 Å². The summed E-state index contributed by atoms with van der Waals surface area (Å²) in [6.45, 7) is 0.0359. The Bertz CT molecular complexity index is 343. The smallest absolute Gasteiger partial charge is 0.252 e. The molecule has 0 heterocycles. The first-order chi connectivity index (χ1) is 6.65. The average Bonchev–Trinajstić information content (AvgIpc) is 2.18. The Morgan fingerprint density at radius 3 is 2.14 bits per heavy atom. The average molecular weight is 213 g/mol. The Morgan fingerprint density at radius 1 is 1.21 bits per heavy atom. The molecular weight excluding hydrogens is 204 g/mol. The summed E-state index contributed by atoms with van der Waals surface area (Å²) in [4.78, 5) is 22.0. The number of benzene rings is 1. The number of halogens is 1.